The van der Waals surface area contributed by atoms with Crippen molar-refractivity contribution in [2.24, 2.45) is 30.7 Å². The first kappa shape index (κ1) is 44.7. The number of aliphatic hydroxyl groups is 2. The van der Waals surface area contributed by atoms with Crippen molar-refractivity contribution in [1.29, 1.82) is 0 Å². The zero-order chi connectivity index (χ0) is 44.2. The summed E-state index contributed by atoms with van der Waals surface area (Å²) in [5.74, 6) is -7.85. The average Bonchev–Trinajstić information content (AvgIpc) is 3.60. The number of nitrogens with zero attached hydrogens (tertiary/aromatic N) is 2. The highest BCUT2D eigenvalue weighted by atomic mass is 16.7. The molecule has 0 unspecified atom stereocenters. The molecule has 0 saturated carbocycles. The van der Waals surface area contributed by atoms with Crippen molar-refractivity contribution in [3.63, 3.8) is 0 Å². The van der Waals surface area contributed by atoms with E-state index >= 15 is 0 Å². The van der Waals surface area contributed by atoms with Crippen molar-refractivity contribution < 1.29 is 58.6 Å². The zero-order valence-corrected chi connectivity index (χ0v) is 36.0. The Labute approximate surface area is 343 Å². The molecule has 59 heavy (non-hydrogen) atoms. The van der Waals surface area contributed by atoms with Crippen LogP contribution in [0.1, 0.15) is 80.4 Å². The molecule has 5 rings (SSSR count). The minimum absolute atomic E-state index is 0.0104. The van der Waals surface area contributed by atoms with Crippen LogP contribution in [0.15, 0.2) is 36.1 Å². The Kier molecular flexibility index (Phi) is 12.7. The molecule has 0 aliphatic carbocycles. The number of carbonyl (C=O) groups excluding carboxylic acids is 4. The summed E-state index contributed by atoms with van der Waals surface area (Å²) in [4.78, 5) is 56.2. The van der Waals surface area contributed by atoms with Crippen molar-refractivity contribution in [2.75, 3.05) is 26.5 Å². The van der Waals surface area contributed by atoms with Crippen LogP contribution >= 0.6 is 0 Å². The first-order valence-electron chi connectivity index (χ1n) is 19.6. The molecule has 15 nitrogen and oxygen atoms in total. The molecule has 5 N–H and O–H groups in total. The van der Waals surface area contributed by atoms with Crippen LogP contribution in [-0.2, 0) is 30.8 Å². The van der Waals surface area contributed by atoms with Gasteiger partial charge in [-0.25, -0.2) is 0 Å². The molecule has 2 aliphatic rings. The number of esters is 1. The summed E-state index contributed by atoms with van der Waals surface area (Å²) in [6.07, 6.45) is 3.66. The summed E-state index contributed by atoms with van der Waals surface area (Å²) < 4.78 is 25.5. The van der Waals surface area contributed by atoms with Crippen LogP contribution in [0.4, 0.5) is 5.69 Å². The van der Waals surface area contributed by atoms with Crippen molar-refractivity contribution in [1.82, 2.24) is 9.47 Å². The van der Waals surface area contributed by atoms with Crippen LogP contribution in [0.2, 0.25) is 0 Å². The Morgan fingerprint density at radius 2 is 1.58 bits per heavy atom. The number of hydrogen-bond donors (Lipinski definition) is 5. The van der Waals surface area contributed by atoms with Crippen molar-refractivity contribution >= 4 is 50.9 Å². The molecule has 15 heteroatoms. The Bertz CT molecular complexity index is 2300. The summed E-state index contributed by atoms with van der Waals surface area (Å²) in [5, 5.41) is 49.7. The summed E-state index contributed by atoms with van der Waals surface area (Å²) in [6.45, 7) is 14.3. The van der Waals surface area contributed by atoms with E-state index in [1.807, 2.05) is 0 Å². The molecular weight excluding hydrogens is 762 g/mol. The van der Waals surface area contributed by atoms with E-state index in [1.165, 1.54) is 51.2 Å². The molecule has 2 amide bonds. The van der Waals surface area contributed by atoms with Gasteiger partial charge in [0.05, 0.1) is 52.3 Å². The number of aromatic nitrogens is 1. The maximum Gasteiger partial charge on any atom is 0.312 e. The first-order chi connectivity index (χ1) is 27.5. The van der Waals surface area contributed by atoms with Gasteiger partial charge in [0.1, 0.15) is 17.6 Å². The fourth-order valence-corrected chi connectivity index (χ4v) is 8.30. The Hall–Kier alpha value is -5.38. The number of aryl methyl sites for hydroxylation is 1. The first-order valence-corrected chi connectivity index (χ1v) is 19.6. The smallest absolute Gasteiger partial charge is 0.312 e. The van der Waals surface area contributed by atoms with E-state index in [0.717, 1.165) is 0 Å². The molecule has 2 aromatic carbocycles. The monoisotopic (exact) mass is 819 g/mol. The summed E-state index contributed by atoms with van der Waals surface area (Å²) in [5.41, 5.74) is 0.960. The lowest BCUT2D eigenvalue weighted by atomic mass is 9.78. The number of methoxy groups -OCH3 is 1. The lowest BCUT2D eigenvalue weighted by molar-refractivity contribution is -0.160. The third kappa shape index (κ3) is 7.67. The quantitative estimate of drug-likeness (QED) is 0.163. The zero-order valence-electron chi connectivity index (χ0n) is 36.0. The minimum atomic E-state index is -2.01. The van der Waals surface area contributed by atoms with E-state index in [2.05, 4.69) is 5.32 Å². The molecule has 0 saturated heterocycles. The van der Waals surface area contributed by atoms with Gasteiger partial charge in [0, 0.05) is 93.4 Å². The van der Waals surface area contributed by atoms with Crippen molar-refractivity contribution in [3.05, 3.63) is 58.5 Å². The predicted octanol–water partition coefficient (Wildman–Crippen LogP) is 5.55. The number of hydrogen-bond acceptors (Lipinski definition) is 12. The van der Waals surface area contributed by atoms with Crippen LogP contribution < -0.4 is 10.1 Å². The second-order valence-electron chi connectivity index (χ2n) is 16.3. The summed E-state index contributed by atoms with van der Waals surface area (Å²) >= 11 is 0. The van der Waals surface area contributed by atoms with Crippen LogP contribution in [0.25, 0.3) is 21.7 Å². The number of phenolic OH excluding ortho intramolecular Hbond substituents is 2. The van der Waals surface area contributed by atoms with Gasteiger partial charge in [0.15, 0.2) is 5.75 Å². The number of carbonyl (C=O) groups is 4. The highest BCUT2D eigenvalue weighted by molar-refractivity contribution is 6.31. The predicted molar refractivity (Wildman–Crippen MR) is 221 cm³/mol. The highest BCUT2D eigenvalue weighted by Crippen LogP contribution is 2.55. The number of fused-ring (bicyclic) bond motifs is 1. The van der Waals surface area contributed by atoms with Crippen LogP contribution in [0, 0.1) is 37.5 Å². The number of aliphatic hydroxyl groups excluding tert-OH is 2. The van der Waals surface area contributed by atoms with Crippen molar-refractivity contribution in [2.45, 2.75) is 92.5 Å². The molecule has 0 spiro atoms. The highest BCUT2D eigenvalue weighted by Gasteiger charge is 2.50. The standard InChI is InChI=1S/C44H57N3O12/c1-19-15-14-16-20(2)42(54)45-33-30-28(43(55)46(10)11)25(7)47(12)34(30)29-31(38(33)52)37(51)24(6)40-32(29)41(53)44(9,59-40)57-18-17-27(56-13)21(3)39(58-26(8)48)23(5)36(50)22(4)35(19)49/h14-19,21-23,27,35-36,39,49-52H,1-13H3,(H,45,54)/b15-14+,18-17+,20-16-/t19-,21-,22+,23-,27-,35-,36+,39+,44-/m0/s1. The number of anilines is 1. The molecule has 3 heterocycles. The van der Waals surface area contributed by atoms with Crippen molar-refractivity contribution in [3.8, 4) is 17.2 Å². The number of amides is 2. The van der Waals surface area contributed by atoms with Gasteiger partial charge in [-0.05, 0) is 26.8 Å². The van der Waals surface area contributed by atoms with E-state index in [0.29, 0.717) is 5.69 Å². The maximum atomic E-state index is 14.7. The SMILES string of the molecule is CO[C@H]1/C=C/O[C@@]2(C)Oc3c(C)c(O)c4c(O)c(c5c(C(=O)N(C)C)c(C)n(C)c5c4c3C2=O)NC(=O)/C(C)=C\C=C\[C@H](C)[C@H](O)[C@@H](C)[C@@H](O)[C@H](C)[C@H](OC(C)=O)[C@H]1C. The van der Waals surface area contributed by atoms with Gasteiger partial charge in [0.25, 0.3) is 17.6 Å². The van der Waals surface area contributed by atoms with Gasteiger partial charge in [-0.15, -0.1) is 0 Å². The normalized spacial score (nSPS) is 30.1. The van der Waals surface area contributed by atoms with Gasteiger partial charge in [-0.3, -0.25) is 19.2 Å². The second kappa shape index (κ2) is 16.7. The maximum absolute atomic E-state index is 14.7. The Morgan fingerprint density at radius 1 is 0.932 bits per heavy atom. The molecule has 4 bridgehead atoms. The number of phenols is 2. The number of allylic oxidation sites excluding steroid dienone is 2. The van der Waals surface area contributed by atoms with Crippen LogP contribution in [-0.4, -0.2) is 105 Å². The topological polar surface area (TPSA) is 206 Å². The van der Waals surface area contributed by atoms with E-state index < -0.39 is 88.9 Å². The summed E-state index contributed by atoms with van der Waals surface area (Å²) in [7, 11) is 6.24. The molecule has 0 fully saturated rings. The third-order valence-corrected chi connectivity index (χ3v) is 12.1. The lowest BCUT2D eigenvalue weighted by Crippen LogP contribution is -2.46. The Morgan fingerprint density at radius 3 is 2.17 bits per heavy atom. The molecule has 9 atom stereocenters. The van der Waals surface area contributed by atoms with Crippen LogP contribution in [0.3, 0.4) is 0 Å². The average molecular weight is 820 g/mol. The second-order valence-corrected chi connectivity index (χ2v) is 16.3. The lowest BCUT2D eigenvalue weighted by Gasteiger charge is -2.38. The molecule has 2 aliphatic heterocycles. The van der Waals surface area contributed by atoms with Gasteiger partial charge in [0.2, 0.25) is 0 Å². The molecule has 0 radical (unpaired) electrons. The third-order valence-electron chi connectivity index (χ3n) is 12.1. The number of ketones is 1. The van der Waals surface area contributed by atoms with Gasteiger partial charge >= 0.3 is 11.8 Å². The molecule has 320 valence electrons. The summed E-state index contributed by atoms with van der Waals surface area (Å²) in [6, 6.07) is 0. The number of nitrogens with one attached hydrogen (secondary N) is 1. The molecular formula is C44H57N3O12. The number of aromatic hydroxyl groups is 2. The van der Waals surface area contributed by atoms with E-state index in [9.17, 15) is 39.6 Å². The van der Waals surface area contributed by atoms with Gasteiger partial charge in [-0.1, -0.05) is 45.9 Å². The largest absolute Gasteiger partial charge is 0.507 e. The number of Topliss-reactive ketones (excluding diaryl/α,β-unsaturated/α-hetero) is 1. The molecule has 3 aromatic rings. The van der Waals surface area contributed by atoms with E-state index in [1.54, 1.807) is 79.4 Å². The fourth-order valence-electron chi connectivity index (χ4n) is 8.30. The van der Waals surface area contributed by atoms with Gasteiger partial charge in [-0.2, -0.15) is 0 Å². The molecule has 1 aromatic heterocycles. The fraction of sp³-hybridized carbons (Fsp3) is 0.500. The Balaban J connectivity index is 1.81. The van der Waals surface area contributed by atoms with E-state index in [4.69, 9.17) is 18.9 Å². The van der Waals surface area contributed by atoms with E-state index in [-0.39, 0.29) is 55.4 Å². The number of rotatable bonds is 3. The minimum Gasteiger partial charge on any atom is -0.507 e. The van der Waals surface area contributed by atoms with Crippen LogP contribution in [0.5, 0.6) is 17.2 Å². The number of benzene rings is 2. The van der Waals surface area contributed by atoms with Gasteiger partial charge < -0.3 is 54.2 Å². The number of ether oxygens (including phenoxy) is 4.